The van der Waals surface area contributed by atoms with Crippen molar-refractivity contribution in [3.63, 3.8) is 0 Å². The fourth-order valence-electron chi connectivity index (χ4n) is 1.04. The van der Waals surface area contributed by atoms with Crippen LogP contribution in [0.3, 0.4) is 0 Å². The lowest BCUT2D eigenvalue weighted by atomic mass is 10.2. The van der Waals surface area contributed by atoms with E-state index in [4.69, 9.17) is 0 Å². The molecule has 2 rings (SSSR count). The number of nitrogens with zero attached hydrogens (tertiary/aromatic N) is 4. The van der Waals surface area contributed by atoms with E-state index in [1.807, 2.05) is 43.8 Å². The summed E-state index contributed by atoms with van der Waals surface area (Å²) in [5.41, 5.74) is 1.08. The molecule has 0 aliphatic carbocycles. The zero-order valence-electron chi connectivity index (χ0n) is 7.25. The molecule has 0 aliphatic rings. The maximum atomic E-state index is 3.81. The van der Waals surface area contributed by atoms with Crippen molar-refractivity contribution in [2.75, 3.05) is 0 Å². The van der Waals surface area contributed by atoms with Crippen LogP contribution in [-0.2, 0) is 0 Å². The van der Waals surface area contributed by atoms with Crippen LogP contribution >= 0.6 is 0 Å². The second-order valence-electron chi connectivity index (χ2n) is 2.71. The molecule has 0 N–H and O–H groups in total. The molecule has 1 aromatic heterocycles. The Morgan fingerprint density at radius 2 is 2.00 bits per heavy atom. The van der Waals surface area contributed by atoms with Crippen LogP contribution in [0.1, 0.15) is 11.4 Å². The molecule has 1 heterocycles. The normalized spacial score (nSPS) is 10.2. The van der Waals surface area contributed by atoms with Crippen LogP contribution in [0, 0.1) is 13.5 Å². The van der Waals surface area contributed by atoms with Crippen molar-refractivity contribution in [2.24, 2.45) is 0 Å². The summed E-state index contributed by atoms with van der Waals surface area (Å²) in [4.78, 5) is 0. The molecular formula is C9H9N4. The average Bonchev–Trinajstić information content (AvgIpc) is 2.54. The minimum Gasteiger partial charge on any atom is -0.220 e. The van der Waals surface area contributed by atoms with Gasteiger partial charge in [0.25, 0.3) is 0 Å². The van der Waals surface area contributed by atoms with E-state index in [0.29, 0.717) is 0 Å². The molecule has 0 saturated heterocycles. The second-order valence-corrected chi connectivity index (χ2v) is 2.71. The van der Waals surface area contributed by atoms with E-state index in [9.17, 15) is 0 Å². The maximum Gasteiger partial charge on any atom is 0.149 e. The lowest BCUT2D eigenvalue weighted by molar-refractivity contribution is 0.740. The van der Waals surface area contributed by atoms with E-state index < -0.39 is 0 Å². The second kappa shape index (κ2) is 3.35. The largest absolute Gasteiger partial charge is 0.220 e. The summed E-state index contributed by atoms with van der Waals surface area (Å²) in [7, 11) is 0. The Labute approximate surface area is 76.2 Å². The van der Waals surface area contributed by atoms with Crippen molar-refractivity contribution >= 4 is 0 Å². The van der Waals surface area contributed by atoms with Gasteiger partial charge in [0.05, 0.1) is 0 Å². The Morgan fingerprint density at radius 3 is 2.62 bits per heavy atom. The first-order chi connectivity index (χ1) is 6.36. The summed E-state index contributed by atoms with van der Waals surface area (Å²) in [5, 5.41) is 11.1. The summed E-state index contributed by atoms with van der Waals surface area (Å²) >= 11 is 0. The van der Waals surface area contributed by atoms with Gasteiger partial charge >= 0.3 is 0 Å². The topological polar surface area (TPSA) is 43.6 Å². The Balaban J connectivity index is 2.20. The number of aromatic nitrogens is 4. The number of rotatable bonds is 2. The third-order valence-electron chi connectivity index (χ3n) is 1.73. The molecule has 0 bridgehead atoms. The smallest absolute Gasteiger partial charge is 0.149 e. The van der Waals surface area contributed by atoms with Gasteiger partial charge in [-0.05, 0) is 22.9 Å². The monoisotopic (exact) mass is 173 g/mol. The predicted molar refractivity (Wildman–Crippen MR) is 47.8 cm³/mol. The van der Waals surface area contributed by atoms with Gasteiger partial charge < -0.3 is 0 Å². The molecular weight excluding hydrogens is 164 g/mol. The highest BCUT2D eigenvalue weighted by atomic mass is 15.5. The van der Waals surface area contributed by atoms with Gasteiger partial charge in [0.1, 0.15) is 12.4 Å². The van der Waals surface area contributed by atoms with Gasteiger partial charge in [-0.15, -0.1) is 5.10 Å². The SMILES string of the molecule is Cc1nnnn1[CH]c1ccccc1. The van der Waals surface area contributed by atoms with E-state index in [1.165, 1.54) is 0 Å². The molecule has 0 atom stereocenters. The number of hydrogen-bond donors (Lipinski definition) is 0. The minimum atomic E-state index is 0.781. The molecule has 0 aliphatic heterocycles. The third-order valence-corrected chi connectivity index (χ3v) is 1.73. The Hall–Kier alpha value is -1.71. The lowest BCUT2D eigenvalue weighted by Crippen LogP contribution is -2.01. The first-order valence-corrected chi connectivity index (χ1v) is 4.00. The summed E-state index contributed by atoms with van der Waals surface area (Å²) in [6.07, 6.45) is 0. The summed E-state index contributed by atoms with van der Waals surface area (Å²) < 4.78 is 1.65. The number of aryl methyl sites for hydroxylation is 1. The van der Waals surface area contributed by atoms with Crippen LogP contribution in [0.4, 0.5) is 0 Å². The van der Waals surface area contributed by atoms with E-state index in [0.717, 1.165) is 11.4 Å². The Kier molecular flexibility index (Phi) is 2.04. The van der Waals surface area contributed by atoms with Gasteiger partial charge in [-0.3, -0.25) is 0 Å². The van der Waals surface area contributed by atoms with Gasteiger partial charge in [-0.25, -0.2) is 4.68 Å². The van der Waals surface area contributed by atoms with Gasteiger partial charge in [0.15, 0.2) is 0 Å². The standard InChI is InChI=1S/C9H9N4/c1-8-10-11-12-13(8)7-9-5-3-2-4-6-9/h2-7H,1H3. The van der Waals surface area contributed by atoms with E-state index in [-0.39, 0.29) is 0 Å². The lowest BCUT2D eigenvalue weighted by Gasteiger charge is -1.99. The first kappa shape index (κ1) is 7.91. The molecule has 65 valence electrons. The van der Waals surface area contributed by atoms with Crippen LogP contribution in [0.2, 0.25) is 0 Å². The third kappa shape index (κ3) is 1.72. The van der Waals surface area contributed by atoms with Crippen LogP contribution in [-0.4, -0.2) is 20.2 Å². The van der Waals surface area contributed by atoms with Crippen molar-refractivity contribution in [3.05, 3.63) is 48.3 Å². The highest BCUT2D eigenvalue weighted by molar-refractivity contribution is 5.22. The molecule has 0 saturated carbocycles. The first-order valence-electron chi connectivity index (χ1n) is 4.00. The highest BCUT2D eigenvalue weighted by Crippen LogP contribution is 2.03. The summed E-state index contributed by atoms with van der Waals surface area (Å²) in [5.74, 6) is 0.781. The fraction of sp³-hybridized carbons (Fsp3) is 0.111. The Bertz CT molecular complexity index is 380. The molecule has 13 heavy (non-hydrogen) atoms. The fourth-order valence-corrected chi connectivity index (χ4v) is 1.04. The van der Waals surface area contributed by atoms with Crippen LogP contribution in [0.15, 0.2) is 30.3 Å². The summed E-state index contributed by atoms with van der Waals surface area (Å²) in [6.45, 7) is 3.74. The number of benzene rings is 1. The zero-order chi connectivity index (χ0) is 9.10. The number of hydrogen-bond acceptors (Lipinski definition) is 3. The predicted octanol–water partition coefficient (Wildman–Crippen LogP) is 1.04. The van der Waals surface area contributed by atoms with Crippen molar-refractivity contribution in [1.29, 1.82) is 0 Å². The van der Waals surface area contributed by atoms with E-state index in [2.05, 4.69) is 15.5 Å². The van der Waals surface area contributed by atoms with Crippen LogP contribution in [0.5, 0.6) is 0 Å². The van der Waals surface area contributed by atoms with Crippen LogP contribution < -0.4 is 0 Å². The Morgan fingerprint density at radius 1 is 1.23 bits per heavy atom. The van der Waals surface area contributed by atoms with Crippen molar-refractivity contribution in [2.45, 2.75) is 6.92 Å². The molecule has 0 spiro atoms. The molecule has 0 fully saturated rings. The van der Waals surface area contributed by atoms with Crippen molar-refractivity contribution in [1.82, 2.24) is 20.2 Å². The molecule has 4 heteroatoms. The maximum absolute atomic E-state index is 3.81. The van der Waals surface area contributed by atoms with E-state index in [1.54, 1.807) is 4.68 Å². The van der Waals surface area contributed by atoms with Crippen LogP contribution in [0.25, 0.3) is 0 Å². The van der Waals surface area contributed by atoms with Gasteiger partial charge in [-0.1, -0.05) is 30.3 Å². The van der Waals surface area contributed by atoms with Gasteiger partial charge in [0, 0.05) is 0 Å². The van der Waals surface area contributed by atoms with E-state index >= 15 is 0 Å². The molecule has 2 aromatic rings. The number of tetrazole rings is 1. The van der Waals surface area contributed by atoms with Gasteiger partial charge in [0.2, 0.25) is 0 Å². The highest BCUT2D eigenvalue weighted by Gasteiger charge is 2.00. The summed E-state index contributed by atoms with van der Waals surface area (Å²) in [6, 6.07) is 9.93. The molecule has 0 unspecified atom stereocenters. The van der Waals surface area contributed by atoms with Crippen molar-refractivity contribution in [3.8, 4) is 0 Å². The quantitative estimate of drug-likeness (QED) is 0.681. The molecule has 1 aromatic carbocycles. The van der Waals surface area contributed by atoms with Gasteiger partial charge in [-0.2, -0.15) is 0 Å². The molecule has 4 nitrogen and oxygen atoms in total. The molecule has 0 amide bonds. The molecule has 1 radical (unpaired) electrons. The average molecular weight is 173 g/mol. The van der Waals surface area contributed by atoms with Crippen molar-refractivity contribution < 1.29 is 0 Å². The minimum absolute atomic E-state index is 0.781. The zero-order valence-corrected chi connectivity index (χ0v) is 7.25.